The summed E-state index contributed by atoms with van der Waals surface area (Å²) >= 11 is 0. The van der Waals surface area contributed by atoms with Crippen LogP contribution in [0, 0.1) is 5.82 Å². The van der Waals surface area contributed by atoms with E-state index in [9.17, 15) is 9.18 Å². The molecule has 2 aromatic rings. The highest BCUT2D eigenvalue weighted by Gasteiger charge is 2.04. The Morgan fingerprint density at radius 3 is 2.60 bits per heavy atom. The first kappa shape index (κ1) is 13.8. The number of para-hydroxylation sites is 1. The van der Waals surface area contributed by atoms with Gasteiger partial charge in [0.05, 0.1) is 0 Å². The smallest absolute Gasteiger partial charge is 0.328 e. The maximum absolute atomic E-state index is 13.8. The number of carboxylic acid groups (broad SMARTS) is 1. The average molecular weight is 272 g/mol. The summed E-state index contributed by atoms with van der Waals surface area (Å²) in [6, 6.07) is 13.6. The molecule has 0 bridgehead atoms. The standard InChI is InChI=1S/C16H13FO3/c17-15-10-12(7-9-16(18)19)6-8-13(15)11-20-14-4-2-1-3-5-14/h1-10H,11H2,(H,18,19). The van der Waals surface area contributed by atoms with Crippen LogP contribution in [0.1, 0.15) is 11.1 Å². The van der Waals surface area contributed by atoms with E-state index >= 15 is 0 Å². The highest BCUT2D eigenvalue weighted by atomic mass is 19.1. The van der Waals surface area contributed by atoms with Gasteiger partial charge in [-0.2, -0.15) is 0 Å². The van der Waals surface area contributed by atoms with Gasteiger partial charge in [0, 0.05) is 11.6 Å². The van der Waals surface area contributed by atoms with Crippen molar-refractivity contribution in [3.05, 3.63) is 71.6 Å². The second-order valence-electron chi connectivity index (χ2n) is 4.12. The first-order valence-electron chi connectivity index (χ1n) is 6.02. The maximum Gasteiger partial charge on any atom is 0.328 e. The number of hydrogen-bond acceptors (Lipinski definition) is 2. The quantitative estimate of drug-likeness (QED) is 0.847. The molecular weight excluding hydrogens is 259 g/mol. The molecule has 2 aromatic carbocycles. The van der Waals surface area contributed by atoms with Crippen molar-refractivity contribution in [2.75, 3.05) is 0 Å². The van der Waals surface area contributed by atoms with E-state index in [-0.39, 0.29) is 6.61 Å². The van der Waals surface area contributed by atoms with Gasteiger partial charge in [0.1, 0.15) is 18.2 Å². The minimum absolute atomic E-state index is 0.124. The summed E-state index contributed by atoms with van der Waals surface area (Å²) in [6.45, 7) is 0.124. The molecule has 0 radical (unpaired) electrons. The minimum Gasteiger partial charge on any atom is -0.489 e. The Labute approximate surface area is 115 Å². The normalized spacial score (nSPS) is 10.7. The van der Waals surface area contributed by atoms with Gasteiger partial charge in [-0.25, -0.2) is 9.18 Å². The van der Waals surface area contributed by atoms with Gasteiger partial charge in [0.25, 0.3) is 0 Å². The number of hydrogen-bond donors (Lipinski definition) is 1. The molecule has 1 N–H and O–H groups in total. The van der Waals surface area contributed by atoms with Gasteiger partial charge in [-0.3, -0.25) is 0 Å². The molecule has 0 aliphatic carbocycles. The molecule has 0 aromatic heterocycles. The molecule has 0 spiro atoms. The highest BCUT2D eigenvalue weighted by Crippen LogP contribution is 2.16. The number of carbonyl (C=O) groups is 1. The summed E-state index contributed by atoms with van der Waals surface area (Å²) in [4.78, 5) is 10.4. The molecule has 0 atom stereocenters. The van der Waals surface area contributed by atoms with Gasteiger partial charge in [-0.05, 0) is 29.8 Å². The maximum atomic E-state index is 13.8. The predicted octanol–water partition coefficient (Wildman–Crippen LogP) is 3.50. The van der Waals surface area contributed by atoms with Crippen LogP contribution in [-0.4, -0.2) is 11.1 Å². The van der Waals surface area contributed by atoms with Crippen molar-refractivity contribution in [2.24, 2.45) is 0 Å². The Morgan fingerprint density at radius 1 is 1.20 bits per heavy atom. The van der Waals surface area contributed by atoms with Crippen molar-refractivity contribution < 1.29 is 19.0 Å². The lowest BCUT2D eigenvalue weighted by molar-refractivity contribution is -0.131. The lowest BCUT2D eigenvalue weighted by atomic mass is 10.1. The van der Waals surface area contributed by atoms with Crippen molar-refractivity contribution in [3.8, 4) is 5.75 Å². The fraction of sp³-hybridized carbons (Fsp3) is 0.0625. The second kappa shape index (κ2) is 6.52. The zero-order valence-corrected chi connectivity index (χ0v) is 10.6. The van der Waals surface area contributed by atoms with E-state index in [1.165, 1.54) is 12.1 Å². The van der Waals surface area contributed by atoms with Crippen LogP contribution in [0.3, 0.4) is 0 Å². The fourth-order valence-corrected chi connectivity index (χ4v) is 1.63. The highest BCUT2D eigenvalue weighted by molar-refractivity contribution is 5.85. The van der Waals surface area contributed by atoms with Crippen LogP contribution < -0.4 is 4.74 Å². The Kier molecular flexibility index (Phi) is 4.50. The third kappa shape index (κ3) is 3.95. The molecule has 4 heteroatoms. The van der Waals surface area contributed by atoms with Crippen LogP contribution in [0.15, 0.2) is 54.6 Å². The predicted molar refractivity (Wildman–Crippen MR) is 73.8 cm³/mol. The summed E-state index contributed by atoms with van der Waals surface area (Å²) in [5.74, 6) is -0.822. The van der Waals surface area contributed by atoms with Gasteiger partial charge < -0.3 is 9.84 Å². The summed E-state index contributed by atoms with van der Waals surface area (Å²) in [5, 5.41) is 8.51. The number of benzene rings is 2. The summed E-state index contributed by atoms with van der Waals surface area (Å²) in [7, 11) is 0. The molecule has 2 rings (SSSR count). The second-order valence-corrected chi connectivity index (χ2v) is 4.12. The number of rotatable bonds is 5. The van der Waals surface area contributed by atoms with Crippen molar-refractivity contribution in [1.29, 1.82) is 0 Å². The van der Waals surface area contributed by atoms with Crippen molar-refractivity contribution in [2.45, 2.75) is 6.61 Å². The summed E-state index contributed by atoms with van der Waals surface area (Å²) in [6.07, 6.45) is 2.31. The van der Waals surface area contributed by atoms with Crippen LogP contribution in [0.2, 0.25) is 0 Å². The molecule has 0 aliphatic heterocycles. The van der Waals surface area contributed by atoms with Crippen LogP contribution >= 0.6 is 0 Å². The Hall–Kier alpha value is -2.62. The molecule has 3 nitrogen and oxygen atoms in total. The van der Waals surface area contributed by atoms with Crippen LogP contribution in [0.25, 0.3) is 6.08 Å². The number of ether oxygens (including phenoxy) is 1. The van der Waals surface area contributed by atoms with Crippen LogP contribution in [-0.2, 0) is 11.4 Å². The van der Waals surface area contributed by atoms with E-state index in [1.54, 1.807) is 24.3 Å². The molecule has 0 unspecified atom stereocenters. The molecule has 0 fully saturated rings. The van der Waals surface area contributed by atoms with Gasteiger partial charge in [-0.1, -0.05) is 30.3 Å². The third-order valence-corrected chi connectivity index (χ3v) is 2.63. The molecule has 0 heterocycles. The first-order valence-corrected chi connectivity index (χ1v) is 6.02. The summed E-state index contributed by atoms with van der Waals surface area (Å²) in [5.41, 5.74) is 0.912. The van der Waals surface area contributed by atoms with Crippen molar-refractivity contribution >= 4 is 12.0 Å². The number of halogens is 1. The average Bonchev–Trinajstić information content (AvgIpc) is 2.45. The zero-order valence-electron chi connectivity index (χ0n) is 10.6. The minimum atomic E-state index is -1.07. The monoisotopic (exact) mass is 272 g/mol. The summed E-state index contributed by atoms with van der Waals surface area (Å²) < 4.78 is 19.3. The number of aliphatic carboxylic acids is 1. The Bertz CT molecular complexity index is 621. The molecular formula is C16H13FO3. The van der Waals surface area contributed by atoms with Crippen molar-refractivity contribution in [1.82, 2.24) is 0 Å². The van der Waals surface area contributed by atoms with E-state index < -0.39 is 11.8 Å². The SMILES string of the molecule is O=C(O)C=Cc1ccc(COc2ccccc2)c(F)c1. The van der Waals surface area contributed by atoms with Crippen LogP contribution in [0.4, 0.5) is 4.39 Å². The molecule has 102 valence electrons. The van der Waals surface area contributed by atoms with E-state index in [4.69, 9.17) is 9.84 Å². The van der Waals surface area contributed by atoms with Gasteiger partial charge >= 0.3 is 5.97 Å². The topological polar surface area (TPSA) is 46.5 Å². The Balaban J connectivity index is 2.04. The van der Waals surface area contributed by atoms with E-state index in [0.29, 0.717) is 16.9 Å². The molecule has 0 saturated carbocycles. The fourth-order valence-electron chi connectivity index (χ4n) is 1.63. The lowest BCUT2D eigenvalue weighted by Gasteiger charge is -2.07. The van der Waals surface area contributed by atoms with Crippen LogP contribution in [0.5, 0.6) is 5.75 Å². The van der Waals surface area contributed by atoms with E-state index in [0.717, 1.165) is 6.08 Å². The number of carboxylic acids is 1. The first-order chi connectivity index (χ1) is 9.65. The van der Waals surface area contributed by atoms with Gasteiger partial charge in [-0.15, -0.1) is 0 Å². The molecule has 0 saturated heterocycles. The molecule has 20 heavy (non-hydrogen) atoms. The van der Waals surface area contributed by atoms with Gasteiger partial charge in [0.15, 0.2) is 0 Å². The van der Waals surface area contributed by atoms with Gasteiger partial charge in [0.2, 0.25) is 0 Å². The zero-order chi connectivity index (χ0) is 14.4. The third-order valence-electron chi connectivity index (χ3n) is 2.63. The van der Waals surface area contributed by atoms with E-state index in [1.807, 2.05) is 18.2 Å². The lowest BCUT2D eigenvalue weighted by Crippen LogP contribution is -1.98. The van der Waals surface area contributed by atoms with E-state index in [2.05, 4.69) is 0 Å². The molecule has 0 amide bonds. The van der Waals surface area contributed by atoms with Crippen molar-refractivity contribution in [3.63, 3.8) is 0 Å². The Morgan fingerprint density at radius 2 is 1.95 bits per heavy atom. The molecule has 0 aliphatic rings. The largest absolute Gasteiger partial charge is 0.489 e.